The molecule has 2 aromatic rings. The number of anilines is 1. The van der Waals surface area contributed by atoms with Gasteiger partial charge in [0.2, 0.25) is 11.0 Å². The first-order valence-electron chi connectivity index (χ1n) is 8.21. The highest BCUT2D eigenvalue weighted by molar-refractivity contribution is 7.15. The summed E-state index contributed by atoms with van der Waals surface area (Å²) in [6, 6.07) is 2.15. The van der Waals surface area contributed by atoms with E-state index in [4.69, 9.17) is 0 Å². The van der Waals surface area contributed by atoms with E-state index in [0.717, 1.165) is 36.0 Å². The summed E-state index contributed by atoms with van der Waals surface area (Å²) >= 11 is 1.25. The van der Waals surface area contributed by atoms with Crippen LogP contribution in [0.1, 0.15) is 42.6 Å². The molecule has 140 valence electrons. The van der Waals surface area contributed by atoms with Crippen molar-refractivity contribution < 1.29 is 18.4 Å². The number of carbonyl (C=O) groups excluding carboxylic acids is 2. The maximum atomic E-state index is 13.8. The lowest BCUT2D eigenvalue weighted by atomic mass is 10.0. The molecule has 0 aliphatic carbocycles. The molecule has 0 saturated carbocycles. The van der Waals surface area contributed by atoms with Crippen molar-refractivity contribution in [2.45, 2.75) is 39.7 Å². The van der Waals surface area contributed by atoms with Gasteiger partial charge in [-0.05, 0) is 24.5 Å². The summed E-state index contributed by atoms with van der Waals surface area (Å²) in [5, 5.41) is 13.9. The minimum atomic E-state index is -0.988. The van der Waals surface area contributed by atoms with E-state index in [9.17, 15) is 18.4 Å². The van der Waals surface area contributed by atoms with E-state index >= 15 is 0 Å². The van der Waals surface area contributed by atoms with Gasteiger partial charge in [-0.3, -0.25) is 14.9 Å². The number of amides is 2. The van der Waals surface area contributed by atoms with Crippen LogP contribution in [0.5, 0.6) is 0 Å². The summed E-state index contributed by atoms with van der Waals surface area (Å²) in [5.74, 6) is -3.79. The van der Waals surface area contributed by atoms with Gasteiger partial charge >= 0.3 is 0 Å². The second kappa shape index (κ2) is 8.79. The highest BCUT2D eigenvalue weighted by Crippen LogP contribution is 2.18. The number of hydrogen-bond acceptors (Lipinski definition) is 5. The molecule has 0 bridgehead atoms. The second-order valence-corrected chi connectivity index (χ2v) is 7.09. The first-order valence-corrected chi connectivity index (χ1v) is 9.03. The van der Waals surface area contributed by atoms with Gasteiger partial charge in [0.25, 0.3) is 5.91 Å². The van der Waals surface area contributed by atoms with Crippen molar-refractivity contribution in [3.05, 3.63) is 40.4 Å². The third-order valence-corrected chi connectivity index (χ3v) is 4.48. The number of rotatable bonds is 7. The predicted molar refractivity (Wildman–Crippen MR) is 95.0 cm³/mol. The fourth-order valence-corrected chi connectivity index (χ4v) is 3.11. The summed E-state index contributed by atoms with van der Waals surface area (Å²) in [4.78, 5) is 24.7. The van der Waals surface area contributed by atoms with Crippen molar-refractivity contribution in [3.8, 4) is 0 Å². The van der Waals surface area contributed by atoms with Gasteiger partial charge in [-0.25, -0.2) is 8.78 Å². The maximum Gasteiger partial charge on any atom is 0.257 e. The van der Waals surface area contributed by atoms with E-state index in [0.29, 0.717) is 5.13 Å². The molecule has 0 fully saturated rings. The molecule has 9 heteroatoms. The van der Waals surface area contributed by atoms with Crippen molar-refractivity contribution in [2.24, 2.45) is 5.92 Å². The molecule has 26 heavy (non-hydrogen) atoms. The standard InChI is InChI=1S/C17H20F2N4O2S/c1-4-6-12-22-23-17(26-12)21-16(25)14(9(2)3)20-15(24)13-10(18)7-5-8-11(13)19/h5,7-9,14H,4,6H2,1-3H3,(H,20,24)(H,21,23,25). The number of nitrogens with one attached hydrogen (secondary N) is 2. The molecule has 1 heterocycles. The first-order chi connectivity index (χ1) is 12.3. The molecule has 0 saturated heterocycles. The molecule has 0 spiro atoms. The highest BCUT2D eigenvalue weighted by atomic mass is 32.1. The van der Waals surface area contributed by atoms with Gasteiger partial charge < -0.3 is 5.32 Å². The van der Waals surface area contributed by atoms with E-state index < -0.39 is 35.1 Å². The fourth-order valence-electron chi connectivity index (χ4n) is 2.27. The van der Waals surface area contributed by atoms with Crippen LogP contribution in [0, 0.1) is 17.6 Å². The minimum Gasteiger partial charge on any atom is -0.340 e. The van der Waals surface area contributed by atoms with Crippen molar-refractivity contribution in [3.63, 3.8) is 0 Å². The molecule has 0 aliphatic heterocycles. The van der Waals surface area contributed by atoms with Crippen LogP contribution in [0.4, 0.5) is 13.9 Å². The average Bonchev–Trinajstić information content (AvgIpc) is 2.99. The number of aryl methyl sites for hydroxylation is 1. The SMILES string of the molecule is CCCc1nnc(NC(=O)C(NC(=O)c2c(F)cccc2F)C(C)C)s1. The summed E-state index contributed by atoms with van der Waals surface area (Å²) in [6.07, 6.45) is 1.66. The first kappa shape index (κ1) is 19.9. The van der Waals surface area contributed by atoms with Crippen LogP contribution in [-0.2, 0) is 11.2 Å². The minimum absolute atomic E-state index is 0.309. The Kier molecular flexibility index (Phi) is 6.73. The number of carbonyl (C=O) groups is 2. The van der Waals surface area contributed by atoms with Gasteiger partial charge in [0.1, 0.15) is 28.2 Å². The molecule has 6 nitrogen and oxygen atoms in total. The summed E-state index contributed by atoms with van der Waals surface area (Å²) in [5.41, 5.74) is -0.716. The van der Waals surface area contributed by atoms with Crippen molar-refractivity contribution in [1.82, 2.24) is 15.5 Å². The summed E-state index contributed by atoms with van der Waals surface area (Å²) < 4.78 is 27.5. The molecular weight excluding hydrogens is 362 g/mol. The molecular formula is C17H20F2N4O2S. The Morgan fingerprint density at radius 3 is 2.42 bits per heavy atom. The Balaban J connectivity index is 2.12. The number of halogens is 2. The lowest BCUT2D eigenvalue weighted by Crippen LogP contribution is -2.47. The summed E-state index contributed by atoms with van der Waals surface area (Å²) in [7, 11) is 0. The molecule has 0 radical (unpaired) electrons. The predicted octanol–water partition coefficient (Wildman–Crippen LogP) is 3.16. The number of hydrogen-bond donors (Lipinski definition) is 2. The Morgan fingerprint density at radius 2 is 1.85 bits per heavy atom. The monoisotopic (exact) mass is 382 g/mol. The van der Waals surface area contributed by atoms with E-state index in [1.807, 2.05) is 6.92 Å². The third kappa shape index (κ3) is 4.81. The summed E-state index contributed by atoms with van der Waals surface area (Å²) in [6.45, 7) is 5.43. The van der Waals surface area contributed by atoms with Gasteiger partial charge in [0.15, 0.2) is 0 Å². The van der Waals surface area contributed by atoms with Gasteiger partial charge in [0.05, 0.1) is 0 Å². The zero-order valence-corrected chi connectivity index (χ0v) is 15.5. The fraction of sp³-hybridized carbons (Fsp3) is 0.412. The Bertz CT molecular complexity index is 775. The van der Waals surface area contributed by atoms with E-state index in [1.54, 1.807) is 13.8 Å². The van der Waals surface area contributed by atoms with Crippen molar-refractivity contribution in [2.75, 3.05) is 5.32 Å². The van der Waals surface area contributed by atoms with Crippen LogP contribution < -0.4 is 10.6 Å². The smallest absolute Gasteiger partial charge is 0.257 e. The quantitative estimate of drug-likeness (QED) is 0.770. The lowest BCUT2D eigenvalue weighted by Gasteiger charge is -2.21. The van der Waals surface area contributed by atoms with E-state index in [1.165, 1.54) is 11.3 Å². The lowest BCUT2D eigenvalue weighted by molar-refractivity contribution is -0.118. The Morgan fingerprint density at radius 1 is 1.19 bits per heavy atom. The van der Waals surface area contributed by atoms with Crippen LogP contribution in [0.15, 0.2) is 18.2 Å². The molecule has 2 rings (SSSR count). The number of aromatic nitrogens is 2. The molecule has 2 N–H and O–H groups in total. The van der Waals surface area contributed by atoms with Gasteiger partial charge in [0, 0.05) is 6.42 Å². The Hall–Kier alpha value is -2.42. The molecule has 1 unspecified atom stereocenters. The highest BCUT2D eigenvalue weighted by Gasteiger charge is 2.28. The van der Waals surface area contributed by atoms with Crippen LogP contribution in [-0.4, -0.2) is 28.1 Å². The number of benzene rings is 1. The zero-order chi connectivity index (χ0) is 19.3. The molecule has 1 aromatic carbocycles. The van der Waals surface area contributed by atoms with Crippen LogP contribution in [0.2, 0.25) is 0 Å². The topological polar surface area (TPSA) is 84.0 Å². The average molecular weight is 382 g/mol. The van der Waals surface area contributed by atoms with Crippen molar-refractivity contribution >= 4 is 28.3 Å². The van der Waals surface area contributed by atoms with E-state index in [2.05, 4.69) is 20.8 Å². The molecule has 2 amide bonds. The Labute approximate surface area is 154 Å². The molecule has 1 atom stereocenters. The maximum absolute atomic E-state index is 13.8. The van der Waals surface area contributed by atoms with Crippen LogP contribution >= 0.6 is 11.3 Å². The van der Waals surface area contributed by atoms with Crippen molar-refractivity contribution in [1.29, 1.82) is 0 Å². The normalized spacial score (nSPS) is 12.1. The van der Waals surface area contributed by atoms with Gasteiger partial charge in [-0.1, -0.05) is 38.2 Å². The van der Waals surface area contributed by atoms with E-state index in [-0.39, 0.29) is 5.92 Å². The zero-order valence-electron chi connectivity index (χ0n) is 14.7. The molecule has 1 aromatic heterocycles. The van der Waals surface area contributed by atoms with Crippen LogP contribution in [0.25, 0.3) is 0 Å². The third-order valence-electron chi connectivity index (χ3n) is 3.59. The van der Waals surface area contributed by atoms with Gasteiger partial charge in [-0.2, -0.15) is 0 Å². The number of nitrogens with zero attached hydrogens (tertiary/aromatic N) is 2. The molecule has 0 aliphatic rings. The second-order valence-electron chi connectivity index (χ2n) is 6.03. The van der Waals surface area contributed by atoms with Crippen LogP contribution in [0.3, 0.4) is 0 Å². The largest absolute Gasteiger partial charge is 0.340 e. The van der Waals surface area contributed by atoms with Gasteiger partial charge in [-0.15, -0.1) is 10.2 Å².